The number of aliphatic imine (C=N–C) groups is 1. The van der Waals surface area contributed by atoms with Crippen LogP contribution in [-0.2, 0) is 9.22 Å². The van der Waals surface area contributed by atoms with E-state index >= 15 is 0 Å². The van der Waals surface area contributed by atoms with Gasteiger partial charge in [-0.1, -0.05) is 44.7 Å². The van der Waals surface area contributed by atoms with Gasteiger partial charge in [-0.05, 0) is 42.1 Å². The largest absolute Gasteiger partial charge is 0.490 e. The molecule has 8 heteroatoms. The van der Waals surface area contributed by atoms with Crippen molar-refractivity contribution < 1.29 is 19.1 Å². The Bertz CT molecular complexity index is 686. The molecule has 1 heterocycles. The minimum atomic E-state index is -2.19. The Morgan fingerprint density at radius 2 is 2.00 bits per heavy atom. The molecule has 0 radical (unpaired) electrons. The first-order valence-corrected chi connectivity index (χ1v) is 13.2. The zero-order valence-electron chi connectivity index (χ0n) is 16.9. The molecule has 1 aromatic carbocycles. The van der Waals surface area contributed by atoms with Crippen LogP contribution in [0.5, 0.6) is 5.75 Å². The molecule has 2 N–H and O–H groups in total. The summed E-state index contributed by atoms with van der Waals surface area (Å²) in [6.45, 7) is 11.1. The molecule has 2 rings (SSSR count). The summed E-state index contributed by atoms with van der Waals surface area (Å²) in [5.41, 5.74) is 1.10. The zero-order chi connectivity index (χ0) is 20.2. The maximum atomic E-state index is 11.6. The minimum Gasteiger partial charge on any atom is -0.490 e. The summed E-state index contributed by atoms with van der Waals surface area (Å²) in [6.07, 6.45) is 1.02. The first kappa shape index (κ1) is 21.8. The van der Waals surface area contributed by atoms with Gasteiger partial charge in [-0.15, -0.1) is 0 Å². The molecule has 0 saturated heterocycles. The van der Waals surface area contributed by atoms with Gasteiger partial charge in [0.1, 0.15) is 12.4 Å². The van der Waals surface area contributed by atoms with Gasteiger partial charge in [-0.3, -0.25) is 4.99 Å². The van der Waals surface area contributed by atoms with Crippen LogP contribution in [0.3, 0.4) is 0 Å². The topological polar surface area (TPSA) is 80.2 Å². The van der Waals surface area contributed by atoms with Crippen LogP contribution in [0.15, 0.2) is 29.3 Å². The Balaban J connectivity index is 1.97. The van der Waals surface area contributed by atoms with E-state index in [-0.39, 0.29) is 17.7 Å². The number of carboxylic acids is 1. The SMILES string of the molecule is CSC1=N[C@@H](c2ccc(OCC(O[Si](C)(C)C(C)(C)C)C(=O)O)cc2)CN1. The van der Waals surface area contributed by atoms with Crippen molar-refractivity contribution in [1.29, 1.82) is 0 Å². The van der Waals surface area contributed by atoms with Crippen LogP contribution >= 0.6 is 11.8 Å². The van der Waals surface area contributed by atoms with Gasteiger partial charge in [0.15, 0.2) is 19.6 Å². The second kappa shape index (κ2) is 8.66. The van der Waals surface area contributed by atoms with Crippen LogP contribution < -0.4 is 10.1 Å². The zero-order valence-corrected chi connectivity index (χ0v) is 18.7. The van der Waals surface area contributed by atoms with E-state index < -0.39 is 20.4 Å². The van der Waals surface area contributed by atoms with Gasteiger partial charge in [0.2, 0.25) is 0 Å². The normalized spacial score (nSPS) is 18.6. The maximum Gasteiger partial charge on any atom is 0.335 e. The number of hydrogen-bond donors (Lipinski definition) is 2. The van der Waals surface area contributed by atoms with Gasteiger partial charge in [-0.2, -0.15) is 0 Å². The number of rotatable bonds is 7. The molecular weight excluding hydrogens is 380 g/mol. The number of carboxylic acid groups (broad SMARTS) is 1. The summed E-state index contributed by atoms with van der Waals surface area (Å²) >= 11 is 1.60. The first-order chi connectivity index (χ1) is 12.5. The van der Waals surface area contributed by atoms with E-state index in [4.69, 9.17) is 9.16 Å². The van der Waals surface area contributed by atoms with Crippen LogP contribution in [0.2, 0.25) is 18.1 Å². The third-order valence-electron chi connectivity index (χ3n) is 5.10. The van der Waals surface area contributed by atoms with Gasteiger partial charge in [-0.25, -0.2) is 4.79 Å². The fraction of sp³-hybridized carbons (Fsp3) is 0.579. The highest BCUT2D eigenvalue weighted by Gasteiger charge is 2.41. The molecule has 150 valence electrons. The number of nitrogens with zero attached hydrogens (tertiary/aromatic N) is 1. The third-order valence-corrected chi connectivity index (χ3v) is 10.2. The number of hydrogen-bond acceptors (Lipinski definition) is 6. The Morgan fingerprint density at radius 3 is 2.48 bits per heavy atom. The maximum absolute atomic E-state index is 11.6. The van der Waals surface area contributed by atoms with E-state index in [1.165, 1.54) is 0 Å². The van der Waals surface area contributed by atoms with Crippen LogP contribution in [0.4, 0.5) is 0 Å². The number of thioether (sulfide) groups is 1. The lowest BCUT2D eigenvalue weighted by molar-refractivity contribution is -0.147. The van der Waals surface area contributed by atoms with E-state index in [0.717, 1.165) is 17.3 Å². The van der Waals surface area contributed by atoms with E-state index in [9.17, 15) is 9.90 Å². The summed E-state index contributed by atoms with van der Waals surface area (Å²) in [4.78, 5) is 16.2. The summed E-state index contributed by atoms with van der Waals surface area (Å²) in [6, 6.07) is 7.76. The fourth-order valence-electron chi connectivity index (χ4n) is 2.38. The Labute approximate surface area is 166 Å². The minimum absolute atomic E-state index is 0.0129. The number of nitrogens with one attached hydrogen (secondary N) is 1. The van der Waals surface area contributed by atoms with Gasteiger partial charge >= 0.3 is 5.97 Å². The third kappa shape index (κ3) is 5.73. The van der Waals surface area contributed by atoms with Crippen molar-refractivity contribution in [1.82, 2.24) is 5.32 Å². The first-order valence-electron chi connectivity index (χ1n) is 9.02. The molecule has 0 aliphatic carbocycles. The lowest BCUT2D eigenvalue weighted by atomic mass is 10.1. The summed E-state index contributed by atoms with van der Waals surface area (Å²) in [5, 5.41) is 13.7. The second-order valence-electron chi connectivity index (χ2n) is 8.12. The Kier molecular flexibility index (Phi) is 6.99. The predicted molar refractivity (Wildman–Crippen MR) is 113 cm³/mol. The van der Waals surface area contributed by atoms with E-state index in [1.807, 2.05) is 43.6 Å². The lowest BCUT2D eigenvalue weighted by Gasteiger charge is -2.38. The highest BCUT2D eigenvalue weighted by Crippen LogP contribution is 2.37. The lowest BCUT2D eigenvalue weighted by Crippen LogP contribution is -2.47. The van der Waals surface area contributed by atoms with E-state index in [0.29, 0.717) is 5.75 Å². The van der Waals surface area contributed by atoms with Gasteiger partial charge in [0.25, 0.3) is 0 Å². The predicted octanol–water partition coefficient (Wildman–Crippen LogP) is 3.90. The van der Waals surface area contributed by atoms with Crippen LogP contribution in [0.25, 0.3) is 0 Å². The van der Waals surface area contributed by atoms with Crippen molar-refractivity contribution >= 4 is 31.2 Å². The molecule has 27 heavy (non-hydrogen) atoms. The second-order valence-corrected chi connectivity index (χ2v) is 13.7. The molecule has 6 nitrogen and oxygen atoms in total. The van der Waals surface area contributed by atoms with E-state index in [2.05, 4.69) is 31.1 Å². The van der Waals surface area contributed by atoms with Crippen molar-refractivity contribution in [3.63, 3.8) is 0 Å². The monoisotopic (exact) mass is 410 g/mol. The molecule has 0 spiro atoms. The van der Waals surface area contributed by atoms with Crippen molar-refractivity contribution in [3.8, 4) is 5.75 Å². The highest BCUT2D eigenvalue weighted by atomic mass is 32.2. The highest BCUT2D eigenvalue weighted by molar-refractivity contribution is 8.13. The molecule has 1 aliphatic rings. The van der Waals surface area contributed by atoms with Crippen molar-refractivity contribution in [2.45, 2.75) is 51.0 Å². The average molecular weight is 411 g/mol. The molecule has 0 aromatic heterocycles. The fourth-order valence-corrected chi connectivity index (χ4v) is 4.07. The standard InChI is InChI=1S/C19H30N2O4SSi/c1-19(2,3)27(5,6)25-16(17(22)23)12-24-14-9-7-13(8-10-14)15-11-20-18(21-15)26-4/h7-10,15-16H,11-12H2,1-6H3,(H,20,21)(H,22,23)/t15-,16?/m1/s1. The quantitative estimate of drug-likeness (QED) is 0.664. The molecule has 0 saturated carbocycles. The summed E-state index contributed by atoms with van der Waals surface area (Å²) in [7, 11) is -2.19. The van der Waals surface area contributed by atoms with Crippen LogP contribution in [0, 0.1) is 0 Å². The number of carbonyl (C=O) groups is 1. The molecule has 1 aliphatic heterocycles. The average Bonchev–Trinajstić information content (AvgIpc) is 3.07. The Morgan fingerprint density at radius 1 is 1.37 bits per heavy atom. The van der Waals surface area contributed by atoms with Crippen LogP contribution in [-0.4, -0.2) is 50.1 Å². The number of ether oxygens (including phenoxy) is 1. The van der Waals surface area contributed by atoms with Crippen molar-refractivity contribution in [2.75, 3.05) is 19.4 Å². The molecule has 1 aromatic rings. The summed E-state index contributed by atoms with van der Waals surface area (Å²) < 4.78 is 11.7. The van der Waals surface area contributed by atoms with Crippen molar-refractivity contribution in [3.05, 3.63) is 29.8 Å². The summed E-state index contributed by atoms with van der Waals surface area (Å²) in [5.74, 6) is -0.365. The van der Waals surface area contributed by atoms with Crippen molar-refractivity contribution in [2.24, 2.45) is 4.99 Å². The van der Waals surface area contributed by atoms with Gasteiger partial charge in [0, 0.05) is 6.54 Å². The van der Waals surface area contributed by atoms with Gasteiger partial charge in [0.05, 0.1) is 6.04 Å². The number of amidine groups is 1. The molecule has 0 amide bonds. The Hall–Kier alpha value is -1.51. The molecular formula is C19H30N2O4SSi. The smallest absolute Gasteiger partial charge is 0.335 e. The van der Waals surface area contributed by atoms with Crippen LogP contribution in [0.1, 0.15) is 32.4 Å². The molecule has 0 bridgehead atoms. The molecule has 2 atom stereocenters. The van der Waals surface area contributed by atoms with E-state index in [1.54, 1.807) is 11.8 Å². The van der Waals surface area contributed by atoms with Gasteiger partial charge < -0.3 is 19.6 Å². The molecule has 0 fully saturated rings. The molecule has 1 unspecified atom stereocenters. The number of benzene rings is 1. The number of aliphatic carboxylic acids is 1.